The molecule has 1 aliphatic heterocycles. The first-order chi connectivity index (χ1) is 15.8. The lowest BCUT2D eigenvalue weighted by Crippen LogP contribution is -2.34. The molecule has 170 valence electrons. The van der Waals surface area contributed by atoms with Crippen LogP contribution < -0.4 is 9.64 Å². The Morgan fingerprint density at radius 1 is 1.06 bits per heavy atom. The molecule has 6 nitrogen and oxygen atoms in total. The number of hydrogen-bond acceptors (Lipinski definition) is 5. The fourth-order valence-corrected chi connectivity index (χ4v) is 4.21. The third-order valence-electron chi connectivity index (χ3n) is 6.10. The lowest BCUT2D eigenvalue weighted by Gasteiger charge is -2.36. The van der Waals surface area contributed by atoms with Crippen molar-refractivity contribution in [2.75, 3.05) is 11.5 Å². The zero-order valence-corrected chi connectivity index (χ0v) is 17.5. The quantitative estimate of drug-likeness (QED) is 0.608. The summed E-state index contributed by atoms with van der Waals surface area (Å²) in [6.45, 7) is -1.23. The van der Waals surface area contributed by atoms with Gasteiger partial charge in [-0.25, -0.2) is 0 Å². The van der Waals surface area contributed by atoms with E-state index in [-0.39, 0.29) is 18.2 Å². The summed E-state index contributed by atoms with van der Waals surface area (Å²) in [7, 11) is 0. The Morgan fingerprint density at radius 2 is 1.85 bits per heavy atom. The van der Waals surface area contributed by atoms with Crippen molar-refractivity contribution in [2.24, 2.45) is 0 Å². The molecule has 1 saturated carbocycles. The van der Waals surface area contributed by atoms with Gasteiger partial charge in [0.1, 0.15) is 11.4 Å². The average Bonchev–Trinajstić information content (AvgIpc) is 3.13. The Bertz CT molecular complexity index is 1210. The summed E-state index contributed by atoms with van der Waals surface area (Å²) in [6.07, 6.45) is 0.824. The Kier molecular flexibility index (Phi) is 5.08. The summed E-state index contributed by atoms with van der Waals surface area (Å²) in [5.41, 5.74) is 2.06. The van der Waals surface area contributed by atoms with Crippen LogP contribution in [0.3, 0.4) is 0 Å². The van der Waals surface area contributed by atoms with E-state index in [4.69, 9.17) is 4.74 Å². The second-order valence-corrected chi connectivity index (χ2v) is 8.26. The minimum absolute atomic E-state index is 0.0429. The second-order valence-electron chi connectivity index (χ2n) is 8.26. The summed E-state index contributed by atoms with van der Waals surface area (Å²) < 4.78 is 43.1. The van der Waals surface area contributed by atoms with Crippen LogP contribution in [0.15, 0.2) is 54.9 Å². The van der Waals surface area contributed by atoms with E-state index in [2.05, 4.69) is 9.97 Å². The number of carbonyl (C=O) groups excluding carboxylic acids is 1. The molecule has 3 heterocycles. The fraction of sp³-hybridized carbons (Fsp3) is 0.292. The van der Waals surface area contributed by atoms with E-state index in [9.17, 15) is 23.1 Å². The smallest absolute Gasteiger partial charge is 0.422 e. The Balaban J connectivity index is 1.45. The fourth-order valence-electron chi connectivity index (χ4n) is 4.21. The van der Waals surface area contributed by atoms with Gasteiger partial charge in [0.05, 0.1) is 29.8 Å². The lowest BCUT2D eigenvalue weighted by atomic mass is 9.77. The number of hydrogen-bond donors (Lipinski definition) is 1. The van der Waals surface area contributed by atoms with Gasteiger partial charge in [-0.15, -0.1) is 0 Å². The molecular weight excluding hydrogens is 435 g/mol. The predicted molar refractivity (Wildman–Crippen MR) is 114 cm³/mol. The first-order valence-corrected chi connectivity index (χ1v) is 10.5. The molecule has 1 amide bonds. The van der Waals surface area contributed by atoms with Crippen LogP contribution in [0, 0.1) is 0 Å². The molecule has 1 fully saturated rings. The molecule has 0 spiro atoms. The number of carbonyl (C=O) groups is 1. The Hall–Kier alpha value is -3.46. The normalized spacial score (nSPS) is 17.0. The number of para-hydroxylation sites is 1. The van der Waals surface area contributed by atoms with E-state index < -0.39 is 18.4 Å². The van der Waals surface area contributed by atoms with Crippen molar-refractivity contribution in [3.05, 3.63) is 71.7 Å². The SMILES string of the molecule is O=C1c2ccnc(-c3ccccc3OCC(F)(F)F)c2CN1c1ccc(C2(O)CCC2)nc1. The monoisotopic (exact) mass is 455 g/mol. The van der Waals surface area contributed by atoms with E-state index in [1.165, 1.54) is 17.2 Å². The van der Waals surface area contributed by atoms with E-state index in [1.807, 2.05) is 0 Å². The molecule has 0 saturated heterocycles. The lowest BCUT2D eigenvalue weighted by molar-refractivity contribution is -0.153. The standard InChI is InChI=1S/C24H20F3N3O3/c25-24(26,27)14-33-19-5-2-1-4-17(19)21-18-13-30(22(31)16(18)8-11-28-21)15-6-7-20(29-12-15)23(32)9-3-10-23/h1-2,4-8,11-12,32H,3,9-10,13-14H2. The van der Waals surface area contributed by atoms with Crippen molar-refractivity contribution in [2.45, 2.75) is 37.6 Å². The van der Waals surface area contributed by atoms with Crippen LogP contribution in [0.5, 0.6) is 5.75 Å². The first-order valence-electron chi connectivity index (χ1n) is 10.5. The van der Waals surface area contributed by atoms with Gasteiger partial charge in [-0.2, -0.15) is 13.2 Å². The van der Waals surface area contributed by atoms with E-state index >= 15 is 0 Å². The van der Waals surface area contributed by atoms with Crippen LogP contribution >= 0.6 is 0 Å². The van der Waals surface area contributed by atoms with Crippen molar-refractivity contribution >= 4 is 11.6 Å². The number of aromatic nitrogens is 2. The average molecular weight is 455 g/mol. The van der Waals surface area contributed by atoms with Gasteiger partial charge < -0.3 is 14.7 Å². The third kappa shape index (κ3) is 3.93. The maximum atomic E-state index is 13.1. The highest BCUT2D eigenvalue weighted by Crippen LogP contribution is 2.41. The summed E-state index contributed by atoms with van der Waals surface area (Å²) >= 11 is 0. The Morgan fingerprint density at radius 3 is 2.52 bits per heavy atom. The molecule has 0 bridgehead atoms. The van der Waals surface area contributed by atoms with Gasteiger partial charge in [0.25, 0.3) is 5.91 Å². The molecular formula is C24H20F3N3O3. The molecule has 33 heavy (non-hydrogen) atoms. The molecule has 0 atom stereocenters. The van der Waals surface area contributed by atoms with E-state index in [1.54, 1.807) is 42.6 Å². The first kappa shape index (κ1) is 21.4. The van der Waals surface area contributed by atoms with Gasteiger partial charge in [-0.3, -0.25) is 14.8 Å². The second kappa shape index (κ2) is 7.84. The summed E-state index contributed by atoms with van der Waals surface area (Å²) in [5, 5.41) is 10.5. The molecule has 3 aromatic rings. The zero-order valence-electron chi connectivity index (χ0n) is 17.5. The number of nitrogens with zero attached hydrogens (tertiary/aromatic N) is 3. The van der Waals surface area contributed by atoms with Gasteiger partial charge in [-0.1, -0.05) is 12.1 Å². The summed E-state index contributed by atoms with van der Waals surface area (Å²) in [5.74, 6) is -0.208. The van der Waals surface area contributed by atoms with Gasteiger partial charge >= 0.3 is 6.18 Å². The van der Waals surface area contributed by atoms with Crippen LogP contribution in [0.4, 0.5) is 18.9 Å². The molecule has 2 aromatic heterocycles. The maximum Gasteiger partial charge on any atom is 0.422 e. The maximum absolute atomic E-state index is 13.1. The highest BCUT2D eigenvalue weighted by Gasteiger charge is 2.38. The third-order valence-corrected chi connectivity index (χ3v) is 6.10. The number of amides is 1. The molecule has 0 radical (unpaired) electrons. The van der Waals surface area contributed by atoms with E-state index in [0.717, 1.165) is 6.42 Å². The number of aliphatic hydroxyl groups is 1. The molecule has 1 N–H and O–H groups in total. The number of ether oxygens (including phenoxy) is 1. The highest BCUT2D eigenvalue weighted by molar-refractivity contribution is 6.11. The van der Waals surface area contributed by atoms with Crippen molar-refractivity contribution in [3.8, 4) is 17.0 Å². The number of benzene rings is 1. The van der Waals surface area contributed by atoms with E-state index in [0.29, 0.717) is 46.6 Å². The summed E-state index contributed by atoms with van der Waals surface area (Å²) in [4.78, 5) is 23.4. The Labute approximate surface area is 187 Å². The topological polar surface area (TPSA) is 75.5 Å². The largest absolute Gasteiger partial charge is 0.483 e. The number of alkyl halides is 3. The van der Waals surface area contributed by atoms with Crippen LogP contribution in [0.2, 0.25) is 0 Å². The zero-order chi connectivity index (χ0) is 23.2. The van der Waals surface area contributed by atoms with Crippen LogP contribution in [-0.2, 0) is 12.1 Å². The highest BCUT2D eigenvalue weighted by atomic mass is 19.4. The number of pyridine rings is 2. The molecule has 1 aliphatic carbocycles. The molecule has 5 rings (SSSR count). The van der Waals surface area contributed by atoms with Gasteiger partial charge in [0.2, 0.25) is 0 Å². The number of halogens is 3. The number of fused-ring (bicyclic) bond motifs is 1. The van der Waals surface area contributed by atoms with Crippen LogP contribution in [-0.4, -0.2) is 33.8 Å². The van der Waals surface area contributed by atoms with Crippen LogP contribution in [0.1, 0.15) is 40.9 Å². The minimum atomic E-state index is -4.47. The molecule has 2 aliphatic rings. The molecule has 1 aromatic carbocycles. The van der Waals surface area contributed by atoms with Gasteiger partial charge in [-0.05, 0) is 49.6 Å². The number of rotatable bonds is 5. The molecule has 9 heteroatoms. The van der Waals surface area contributed by atoms with Crippen molar-refractivity contribution < 1.29 is 27.8 Å². The van der Waals surface area contributed by atoms with Crippen molar-refractivity contribution in [1.82, 2.24) is 9.97 Å². The van der Waals surface area contributed by atoms with Gasteiger partial charge in [0, 0.05) is 22.9 Å². The minimum Gasteiger partial charge on any atom is -0.483 e. The van der Waals surface area contributed by atoms with Crippen LogP contribution in [0.25, 0.3) is 11.3 Å². The van der Waals surface area contributed by atoms with Gasteiger partial charge in [0.15, 0.2) is 6.61 Å². The van der Waals surface area contributed by atoms with Crippen molar-refractivity contribution in [1.29, 1.82) is 0 Å². The predicted octanol–water partition coefficient (Wildman–Crippen LogP) is 4.62. The number of anilines is 1. The van der Waals surface area contributed by atoms with Crippen molar-refractivity contribution in [3.63, 3.8) is 0 Å². The summed E-state index contributed by atoms with van der Waals surface area (Å²) in [6, 6.07) is 11.4. The molecule has 0 unspecified atom stereocenters.